The highest BCUT2D eigenvalue weighted by molar-refractivity contribution is 5.97. The van der Waals surface area contributed by atoms with E-state index in [9.17, 15) is 14.9 Å². The van der Waals surface area contributed by atoms with Crippen LogP contribution in [0.3, 0.4) is 0 Å². The number of ether oxygens (including phenoxy) is 1. The Morgan fingerprint density at radius 1 is 1.19 bits per heavy atom. The molecule has 8 nitrogen and oxygen atoms in total. The van der Waals surface area contributed by atoms with Crippen molar-refractivity contribution in [1.29, 1.82) is 0 Å². The molecule has 0 saturated heterocycles. The summed E-state index contributed by atoms with van der Waals surface area (Å²) in [7, 11) is 5.33. The summed E-state index contributed by atoms with van der Waals surface area (Å²) in [6.07, 6.45) is 0. The normalized spacial score (nSPS) is 11.4. The third-order valence-electron chi connectivity index (χ3n) is 3.81. The maximum Gasteiger partial charge on any atom is 0.271 e. The van der Waals surface area contributed by atoms with Crippen LogP contribution in [0.25, 0.3) is 0 Å². The van der Waals surface area contributed by atoms with Gasteiger partial charge in [0.05, 0.1) is 17.7 Å². The number of carbonyl (C=O) groups excluding carboxylic acids is 1. The van der Waals surface area contributed by atoms with Crippen molar-refractivity contribution in [3.63, 3.8) is 0 Å². The molecule has 138 valence electrons. The third kappa shape index (κ3) is 4.62. The van der Waals surface area contributed by atoms with Gasteiger partial charge in [-0.15, -0.1) is 0 Å². The monoisotopic (exact) mass is 358 g/mol. The largest absolute Gasteiger partial charge is 0.495 e. The molecule has 1 unspecified atom stereocenters. The lowest BCUT2D eigenvalue weighted by Gasteiger charge is -2.18. The van der Waals surface area contributed by atoms with E-state index in [1.165, 1.54) is 25.3 Å². The Bertz CT molecular complexity index is 790. The Hall–Kier alpha value is -3.29. The molecule has 0 aliphatic heterocycles. The van der Waals surface area contributed by atoms with Gasteiger partial charge in [0, 0.05) is 37.6 Å². The Kier molecular flexibility index (Phi) is 6.00. The van der Waals surface area contributed by atoms with E-state index in [1.807, 2.05) is 43.3 Å². The summed E-state index contributed by atoms with van der Waals surface area (Å²) in [6.45, 7) is 1.71. The van der Waals surface area contributed by atoms with Crippen LogP contribution in [-0.4, -0.2) is 38.1 Å². The molecular formula is C18H22N4O4. The van der Waals surface area contributed by atoms with Crippen LogP contribution in [0.5, 0.6) is 5.75 Å². The van der Waals surface area contributed by atoms with Crippen LogP contribution < -0.4 is 20.3 Å². The number of nitro groups is 1. The lowest BCUT2D eigenvalue weighted by Crippen LogP contribution is -2.32. The molecule has 0 fully saturated rings. The smallest absolute Gasteiger partial charge is 0.271 e. The molecule has 8 heteroatoms. The van der Waals surface area contributed by atoms with Gasteiger partial charge >= 0.3 is 0 Å². The number of methoxy groups -OCH3 is 1. The van der Waals surface area contributed by atoms with Gasteiger partial charge in [-0.25, -0.2) is 0 Å². The molecule has 0 radical (unpaired) electrons. The maximum absolute atomic E-state index is 12.4. The summed E-state index contributed by atoms with van der Waals surface area (Å²) in [5, 5.41) is 16.7. The lowest BCUT2D eigenvalue weighted by atomic mass is 10.2. The molecule has 0 saturated carbocycles. The number of carbonyl (C=O) groups is 1. The van der Waals surface area contributed by atoms with Gasteiger partial charge in [0.25, 0.3) is 5.69 Å². The van der Waals surface area contributed by atoms with Gasteiger partial charge in [0.1, 0.15) is 11.8 Å². The van der Waals surface area contributed by atoms with Crippen LogP contribution >= 0.6 is 0 Å². The third-order valence-corrected chi connectivity index (χ3v) is 3.81. The average molecular weight is 358 g/mol. The van der Waals surface area contributed by atoms with Crippen molar-refractivity contribution < 1.29 is 14.5 Å². The zero-order valence-electron chi connectivity index (χ0n) is 15.1. The molecule has 1 amide bonds. The standard InChI is InChI=1S/C18H22N4O4/c1-12(19-13-5-7-14(8-6-13)21(2)3)18(23)20-16-11-15(22(24)25)9-10-17(16)26-4/h5-12,19H,1-4H3,(H,20,23). The van der Waals surface area contributed by atoms with Crippen LogP contribution in [0, 0.1) is 10.1 Å². The maximum atomic E-state index is 12.4. The summed E-state index contributed by atoms with van der Waals surface area (Å²) in [4.78, 5) is 24.8. The van der Waals surface area contributed by atoms with Crippen LogP contribution in [-0.2, 0) is 4.79 Å². The molecular weight excluding hydrogens is 336 g/mol. The number of nitrogens with zero attached hydrogens (tertiary/aromatic N) is 2. The Morgan fingerprint density at radius 3 is 2.38 bits per heavy atom. The van der Waals surface area contributed by atoms with Crippen molar-refractivity contribution in [3.05, 3.63) is 52.6 Å². The molecule has 2 N–H and O–H groups in total. The predicted octanol–water partition coefficient (Wildman–Crippen LogP) is 3.11. The second-order valence-corrected chi connectivity index (χ2v) is 5.94. The molecule has 0 aromatic heterocycles. The molecule has 2 rings (SSSR count). The first-order valence-electron chi connectivity index (χ1n) is 7.99. The molecule has 0 aliphatic rings. The molecule has 0 spiro atoms. The highest BCUT2D eigenvalue weighted by Gasteiger charge is 2.17. The van der Waals surface area contributed by atoms with E-state index in [0.717, 1.165) is 11.4 Å². The number of nitro benzene ring substituents is 1. The summed E-state index contributed by atoms with van der Waals surface area (Å²) < 4.78 is 5.15. The summed E-state index contributed by atoms with van der Waals surface area (Å²) in [6, 6.07) is 11.1. The van der Waals surface area contributed by atoms with Gasteiger partial charge in [0.15, 0.2) is 0 Å². The van der Waals surface area contributed by atoms with E-state index in [2.05, 4.69) is 10.6 Å². The quantitative estimate of drug-likeness (QED) is 0.583. The van der Waals surface area contributed by atoms with Gasteiger partial charge in [0.2, 0.25) is 5.91 Å². The summed E-state index contributed by atoms with van der Waals surface area (Å²) in [5.74, 6) is 0.0203. The fourth-order valence-corrected chi connectivity index (χ4v) is 2.32. The van der Waals surface area contributed by atoms with Gasteiger partial charge in [-0.2, -0.15) is 0 Å². The number of hydrogen-bond acceptors (Lipinski definition) is 6. The van der Waals surface area contributed by atoms with Gasteiger partial charge < -0.3 is 20.3 Å². The van der Waals surface area contributed by atoms with E-state index in [4.69, 9.17) is 4.74 Å². The zero-order valence-corrected chi connectivity index (χ0v) is 15.1. The number of rotatable bonds is 7. The van der Waals surface area contributed by atoms with Crippen LogP contribution in [0.4, 0.5) is 22.7 Å². The predicted molar refractivity (Wildman–Crippen MR) is 102 cm³/mol. The van der Waals surface area contributed by atoms with Crippen molar-refractivity contribution in [2.75, 3.05) is 36.7 Å². The minimum atomic E-state index is -0.552. The number of amides is 1. The van der Waals surface area contributed by atoms with Gasteiger partial charge in [-0.1, -0.05) is 0 Å². The van der Waals surface area contributed by atoms with Crippen molar-refractivity contribution >= 4 is 28.7 Å². The highest BCUT2D eigenvalue weighted by Crippen LogP contribution is 2.29. The van der Waals surface area contributed by atoms with E-state index in [-0.39, 0.29) is 17.3 Å². The first kappa shape index (κ1) is 19.0. The van der Waals surface area contributed by atoms with Gasteiger partial charge in [-0.3, -0.25) is 14.9 Å². The van der Waals surface area contributed by atoms with Crippen molar-refractivity contribution in [2.45, 2.75) is 13.0 Å². The van der Waals surface area contributed by atoms with E-state index < -0.39 is 11.0 Å². The number of benzene rings is 2. The average Bonchev–Trinajstić information content (AvgIpc) is 2.61. The first-order chi connectivity index (χ1) is 12.3. The summed E-state index contributed by atoms with van der Waals surface area (Å²) >= 11 is 0. The SMILES string of the molecule is COc1ccc([N+](=O)[O-])cc1NC(=O)C(C)Nc1ccc(N(C)C)cc1. The van der Waals surface area contributed by atoms with Crippen molar-refractivity contribution in [3.8, 4) is 5.75 Å². The molecule has 2 aromatic carbocycles. The highest BCUT2D eigenvalue weighted by atomic mass is 16.6. The zero-order chi connectivity index (χ0) is 19.3. The molecule has 0 heterocycles. The molecule has 0 aliphatic carbocycles. The Balaban J connectivity index is 2.09. The Morgan fingerprint density at radius 2 is 1.85 bits per heavy atom. The lowest BCUT2D eigenvalue weighted by molar-refractivity contribution is -0.384. The minimum absolute atomic E-state index is 0.124. The summed E-state index contributed by atoms with van der Waals surface area (Å²) in [5.41, 5.74) is 1.97. The van der Waals surface area contributed by atoms with E-state index in [1.54, 1.807) is 6.92 Å². The fraction of sp³-hybridized carbons (Fsp3) is 0.278. The molecule has 1 atom stereocenters. The number of non-ortho nitro benzene ring substituents is 1. The molecule has 26 heavy (non-hydrogen) atoms. The van der Waals surface area contributed by atoms with Gasteiger partial charge in [-0.05, 0) is 37.3 Å². The van der Waals surface area contributed by atoms with Crippen molar-refractivity contribution in [2.24, 2.45) is 0 Å². The number of nitrogens with one attached hydrogen (secondary N) is 2. The second-order valence-electron chi connectivity index (χ2n) is 5.94. The van der Waals surface area contributed by atoms with Crippen LogP contribution in [0.1, 0.15) is 6.92 Å². The van der Waals surface area contributed by atoms with Crippen LogP contribution in [0.2, 0.25) is 0 Å². The fourth-order valence-electron chi connectivity index (χ4n) is 2.32. The van der Waals surface area contributed by atoms with E-state index >= 15 is 0 Å². The topological polar surface area (TPSA) is 96.7 Å². The number of anilines is 3. The van der Waals surface area contributed by atoms with Crippen LogP contribution in [0.15, 0.2) is 42.5 Å². The minimum Gasteiger partial charge on any atom is -0.495 e. The Labute approximate surface area is 151 Å². The van der Waals surface area contributed by atoms with E-state index in [0.29, 0.717) is 5.75 Å². The number of hydrogen-bond donors (Lipinski definition) is 2. The molecule has 0 bridgehead atoms. The van der Waals surface area contributed by atoms with Crippen molar-refractivity contribution in [1.82, 2.24) is 0 Å². The second kappa shape index (κ2) is 8.19. The first-order valence-corrected chi connectivity index (χ1v) is 7.99. The molecule has 2 aromatic rings.